The van der Waals surface area contributed by atoms with Gasteiger partial charge in [0.15, 0.2) is 0 Å². The number of hydrogen-bond acceptors (Lipinski definition) is 6. The van der Waals surface area contributed by atoms with Gasteiger partial charge < -0.3 is 10.5 Å². The van der Waals surface area contributed by atoms with E-state index >= 15 is 0 Å². The SMILES string of the molecule is COc1nccc(-c2c3cccnc3n3c(N)nccc23)n1.Cl. The first-order valence-electron chi connectivity index (χ1n) is 6.66. The monoisotopic (exact) mass is 328 g/mol. The summed E-state index contributed by atoms with van der Waals surface area (Å²) in [4.78, 5) is 17.0. The molecule has 116 valence electrons. The van der Waals surface area contributed by atoms with E-state index in [-0.39, 0.29) is 12.4 Å². The zero-order valence-corrected chi connectivity index (χ0v) is 13.0. The first-order chi connectivity index (χ1) is 10.8. The Kier molecular flexibility index (Phi) is 3.71. The normalized spacial score (nSPS) is 10.7. The van der Waals surface area contributed by atoms with E-state index in [9.17, 15) is 0 Å². The highest BCUT2D eigenvalue weighted by molar-refractivity contribution is 6.03. The number of nitrogens with two attached hydrogens (primary N) is 1. The maximum atomic E-state index is 6.02. The molecule has 0 radical (unpaired) electrons. The molecule has 0 aromatic carbocycles. The summed E-state index contributed by atoms with van der Waals surface area (Å²) in [6.45, 7) is 0. The molecule has 0 atom stereocenters. The Morgan fingerprint density at radius 2 is 1.87 bits per heavy atom. The van der Waals surface area contributed by atoms with Crippen LogP contribution in [-0.2, 0) is 0 Å². The second-order valence-corrected chi connectivity index (χ2v) is 4.70. The number of aromatic nitrogens is 5. The summed E-state index contributed by atoms with van der Waals surface area (Å²) in [7, 11) is 1.54. The van der Waals surface area contributed by atoms with Crippen molar-refractivity contribution >= 4 is 34.9 Å². The first kappa shape index (κ1) is 15.0. The van der Waals surface area contributed by atoms with Crippen LogP contribution in [0.2, 0.25) is 0 Å². The van der Waals surface area contributed by atoms with Gasteiger partial charge in [0.05, 0.1) is 18.3 Å². The molecule has 0 saturated heterocycles. The fourth-order valence-electron chi connectivity index (χ4n) is 2.61. The van der Waals surface area contributed by atoms with Crippen molar-refractivity contribution in [2.24, 2.45) is 0 Å². The van der Waals surface area contributed by atoms with Gasteiger partial charge in [-0.05, 0) is 24.3 Å². The van der Waals surface area contributed by atoms with E-state index in [0.29, 0.717) is 12.0 Å². The standard InChI is InChI=1S/C15H12N6O.ClH/c1-22-15-19-7-4-10(20-15)12-9-3-2-6-17-13(9)21-11(12)5-8-18-14(21)16;/h2-8H,1H3,(H2,16,18);1H. The van der Waals surface area contributed by atoms with E-state index in [4.69, 9.17) is 10.5 Å². The number of halogens is 1. The molecule has 0 bridgehead atoms. The van der Waals surface area contributed by atoms with Crippen molar-refractivity contribution in [2.45, 2.75) is 0 Å². The van der Waals surface area contributed by atoms with E-state index in [1.807, 2.05) is 28.7 Å². The number of rotatable bonds is 2. The van der Waals surface area contributed by atoms with Crippen molar-refractivity contribution in [1.29, 1.82) is 0 Å². The number of anilines is 1. The average molecular weight is 329 g/mol. The van der Waals surface area contributed by atoms with Crippen LogP contribution in [0.5, 0.6) is 6.01 Å². The van der Waals surface area contributed by atoms with Crippen molar-refractivity contribution < 1.29 is 4.74 Å². The predicted molar refractivity (Wildman–Crippen MR) is 89.7 cm³/mol. The largest absolute Gasteiger partial charge is 0.467 e. The molecule has 7 nitrogen and oxygen atoms in total. The van der Waals surface area contributed by atoms with Gasteiger partial charge in [0.25, 0.3) is 0 Å². The second kappa shape index (κ2) is 5.69. The molecule has 8 heteroatoms. The number of fused-ring (bicyclic) bond motifs is 3. The molecule has 0 saturated carbocycles. The molecule has 4 heterocycles. The van der Waals surface area contributed by atoms with Crippen LogP contribution in [0.15, 0.2) is 42.9 Å². The first-order valence-corrected chi connectivity index (χ1v) is 6.66. The van der Waals surface area contributed by atoms with Crippen molar-refractivity contribution in [3.63, 3.8) is 0 Å². The molecule has 0 aliphatic heterocycles. The zero-order valence-electron chi connectivity index (χ0n) is 12.2. The lowest BCUT2D eigenvalue weighted by Gasteiger charge is -2.03. The van der Waals surface area contributed by atoms with Gasteiger partial charge in [-0.2, -0.15) is 4.98 Å². The second-order valence-electron chi connectivity index (χ2n) is 4.70. The Bertz CT molecular complexity index is 1000. The summed E-state index contributed by atoms with van der Waals surface area (Å²) in [5.41, 5.74) is 9.34. The van der Waals surface area contributed by atoms with Gasteiger partial charge in [0.2, 0.25) is 5.95 Å². The smallest absolute Gasteiger partial charge is 0.316 e. The molecule has 2 N–H and O–H groups in total. The van der Waals surface area contributed by atoms with Crippen LogP contribution < -0.4 is 10.5 Å². The summed E-state index contributed by atoms with van der Waals surface area (Å²) in [5.74, 6) is 0.383. The van der Waals surface area contributed by atoms with Crippen molar-refractivity contribution in [3.05, 3.63) is 42.9 Å². The molecule has 0 spiro atoms. The summed E-state index contributed by atoms with van der Waals surface area (Å²) >= 11 is 0. The van der Waals surface area contributed by atoms with Crippen molar-refractivity contribution in [2.75, 3.05) is 12.8 Å². The lowest BCUT2D eigenvalue weighted by Crippen LogP contribution is -1.99. The van der Waals surface area contributed by atoms with Gasteiger partial charge in [0, 0.05) is 29.5 Å². The van der Waals surface area contributed by atoms with Crippen molar-refractivity contribution in [3.8, 4) is 17.3 Å². The summed E-state index contributed by atoms with van der Waals surface area (Å²) in [5, 5.41) is 0.947. The van der Waals surface area contributed by atoms with Crippen LogP contribution in [-0.4, -0.2) is 31.4 Å². The van der Waals surface area contributed by atoms with E-state index in [1.54, 1.807) is 25.7 Å². The number of hydrogen-bond donors (Lipinski definition) is 1. The summed E-state index contributed by atoms with van der Waals surface area (Å²) < 4.78 is 6.94. The molecule has 4 rings (SSSR count). The quantitative estimate of drug-likeness (QED) is 0.607. The fourth-order valence-corrected chi connectivity index (χ4v) is 2.61. The maximum Gasteiger partial charge on any atom is 0.316 e. The molecule has 4 aromatic rings. The Labute approximate surface area is 137 Å². The maximum absolute atomic E-state index is 6.02. The van der Waals surface area contributed by atoms with Gasteiger partial charge in [-0.3, -0.25) is 4.40 Å². The third-order valence-corrected chi connectivity index (χ3v) is 3.51. The fraction of sp³-hybridized carbons (Fsp3) is 0.0667. The minimum Gasteiger partial charge on any atom is -0.467 e. The Hall–Kier alpha value is -2.93. The van der Waals surface area contributed by atoms with Crippen molar-refractivity contribution in [1.82, 2.24) is 24.3 Å². The van der Waals surface area contributed by atoms with E-state index in [0.717, 1.165) is 27.8 Å². The third kappa shape index (κ3) is 2.22. The molecule has 0 fully saturated rings. The summed E-state index contributed by atoms with van der Waals surface area (Å²) in [6.07, 6.45) is 5.06. The van der Waals surface area contributed by atoms with Crippen LogP contribution >= 0.6 is 12.4 Å². The number of nitrogens with zero attached hydrogens (tertiary/aromatic N) is 5. The predicted octanol–water partition coefficient (Wildman–Crippen LogP) is 2.35. The van der Waals surface area contributed by atoms with Crippen LogP contribution in [0.4, 0.5) is 5.95 Å². The highest BCUT2D eigenvalue weighted by Crippen LogP contribution is 2.34. The third-order valence-electron chi connectivity index (χ3n) is 3.51. The molecule has 4 aromatic heterocycles. The van der Waals surface area contributed by atoms with Gasteiger partial charge >= 0.3 is 6.01 Å². The van der Waals surface area contributed by atoms with Crippen LogP contribution in [0.25, 0.3) is 27.8 Å². The number of pyridine rings is 1. The Morgan fingerprint density at radius 3 is 2.70 bits per heavy atom. The minimum atomic E-state index is 0. The van der Waals surface area contributed by atoms with Gasteiger partial charge in [-0.25, -0.2) is 15.0 Å². The van der Waals surface area contributed by atoms with Gasteiger partial charge in [-0.15, -0.1) is 12.4 Å². The number of nitrogen functional groups attached to an aromatic ring is 1. The molecule has 0 aliphatic rings. The number of methoxy groups -OCH3 is 1. The van der Waals surface area contributed by atoms with Gasteiger partial charge in [-0.1, -0.05) is 0 Å². The molecular formula is C15H13ClN6O. The molecular weight excluding hydrogens is 316 g/mol. The molecule has 0 unspecified atom stereocenters. The van der Waals surface area contributed by atoms with E-state index in [2.05, 4.69) is 19.9 Å². The summed E-state index contributed by atoms with van der Waals surface area (Å²) in [6, 6.07) is 7.91. The Balaban J connectivity index is 0.00000156. The van der Waals surface area contributed by atoms with Crippen LogP contribution in [0.3, 0.4) is 0 Å². The minimum absolute atomic E-state index is 0. The van der Waals surface area contributed by atoms with Gasteiger partial charge in [0.1, 0.15) is 5.65 Å². The molecule has 0 aliphatic carbocycles. The van der Waals surface area contributed by atoms with Crippen LogP contribution in [0.1, 0.15) is 0 Å². The highest BCUT2D eigenvalue weighted by atomic mass is 35.5. The highest BCUT2D eigenvalue weighted by Gasteiger charge is 2.17. The Morgan fingerprint density at radius 1 is 1.04 bits per heavy atom. The molecule has 0 amide bonds. The average Bonchev–Trinajstić information content (AvgIpc) is 2.90. The van der Waals surface area contributed by atoms with Crippen LogP contribution in [0, 0.1) is 0 Å². The number of ether oxygens (including phenoxy) is 1. The topological polar surface area (TPSA) is 91.2 Å². The lowest BCUT2D eigenvalue weighted by atomic mass is 10.1. The lowest BCUT2D eigenvalue weighted by molar-refractivity contribution is 0.380. The zero-order chi connectivity index (χ0) is 15.1. The van der Waals surface area contributed by atoms with E-state index < -0.39 is 0 Å². The van der Waals surface area contributed by atoms with E-state index in [1.165, 1.54) is 0 Å². The molecule has 23 heavy (non-hydrogen) atoms.